The summed E-state index contributed by atoms with van der Waals surface area (Å²) in [4.78, 5) is 11.5. The van der Waals surface area contributed by atoms with Gasteiger partial charge in [0.25, 0.3) is 5.91 Å². The van der Waals surface area contributed by atoms with Gasteiger partial charge in [0, 0.05) is 23.2 Å². The Morgan fingerprint density at radius 1 is 1.23 bits per heavy atom. The second kappa shape index (κ2) is 3.38. The molecule has 0 saturated carbocycles. The standard InChI is InChI=1S/C9H9BrN2O/c10-6-2-1-3-7-8(6)9(13)12-5-4-11-7/h1-3,11H,4-5H2,(H,12,13). The summed E-state index contributed by atoms with van der Waals surface area (Å²) in [5, 5.41) is 5.99. The Kier molecular flexibility index (Phi) is 2.22. The smallest absolute Gasteiger partial charge is 0.254 e. The van der Waals surface area contributed by atoms with Gasteiger partial charge in [0.2, 0.25) is 0 Å². The number of hydrogen-bond donors (Lipinski definition) is 2. The molecule has 1 amide bonds. The van der Waals surface area contributed by atoms with Gasteiger partial charge in [-0.05, 0) is 28.1 Å². The molecule has 0 unspecified atom stereocenters. The van der Waals surface area contributed by atoms with Gasteiger partial charge in [-0.25, -0.2) is 0 Å². The molecule has 0 bridgehead atoms. The predicted octanol–water partition coefficient (Wildman–Crippen LogP) is 1.60. The zero-order valence-corrected chi connectivity index (χ0v) is 8.52. The van der Waals surface area contributed by atoms with E-state index in [0.29, 0.717) is 12.1 Å². The van der Waals surface area contributed by atoms with Crippen LogP contribution in [0.5, 0.6) is 0 Å². The van der Waals surface area contributed by atoms with Crippen LogP contribution in [0.25, 0.3) is 0 Å². The van der Waals surface area contributed by atoms with E-state index in [1.165, 1.54) is 0 Å². The number of halogens is 1. The van der Waals surface area contributed by atoms with Gasteiger partial charge in [-0.3, -0.25) is 4.79 Å². The summed E-state index contributed by atoms with van der Waals surface area (Å²) >= 11 is 3.36. The zero-order valence-electron chi connectivity index (χ0n) is 6.93. The number of anilines is 1. The highest BCUT2D eigenvalue weighted by Crippen LogP contribution is 2.25. The Morgan fingerprint density at radius 2 is 2.00 bits per heavy atom. The van der Waals surface area contributed by atoms with E-state index >= 15 is 0 Å². The van der Waals surface area contributed by atoms with Gasteiger partial charge in [-0.1, -0.05) is 6.07 Å². The van der Waals surface area contributed by atoms with E-state index in [1.54, 1.807) is 0 Å². The molecule has 68 valence electrons. The zero-order chi connectivity index (χ0) is 9.26. The number of nitrogens with one attached hydrogen (secondary N) is 2. The lowest BCUT2D eigenvalue weighted by Crippen LogP contribution is -2.24. The van der Waals surface area contributed by atoms with E-state index in [2.05, 4.69) is 26.6 Å². The van der Waals surface area contributed by atoms with Crippen molar-refractivity contribution in [3.63, 3.8) is 0 Å². The lowest BCUT2D eigenvalue weighted by molar-refractivity contribution is 0.0957. The highest BCUT2D eigenvalue weighted by molar-refractivity contribution is 9.10. The van der Waals surface area contributed by atoms with Crippen molar-refractivity contribution in [2.75, 3.05) is 18.4 Å². The van der Waals surface area contributed by atoms with E-state index in [-0.39, 0.29) is 5.91 Å². The topological polar surface area (TPSA) is 41.1 Å². The molecule has 0 aliphatic carbocycles. The molecule has 0 aromatic heterocycles. The molecule has 0 fully saturated rings. The average molecular weight is 241 g/mol. The lowest BCUT2D eigenvalue weighted by atomic mass is 10.1. The first-order chi connectivity index (χ1) is 6.29. The largest absolute Gasteiger partial charge is 0.383 e. The Hall–Kier alpha value is -1.03. The Balaban J connectivity index is 2.55. The summed E-state index contributed by atoms with van der Waals surface area (Å²) in [6.07, 6.45) is 0. The van der Waals surface area contributed by atoms with Crippen molar-refractivity contribution >= 4 is 27.5 Å². The highest BCUT2D eigenvalue weighted by atomic mass is 79.9. The molecular weight excluding hydrogens is 232 g/mol. The van der Waals surface area contributed by atoms with Crippen molar-refractivity contribution in [1.82, 2.24) is 5.32 Å². The Morgan fingerprint density at radius 3 is 2.85 bits per heavy atom. The summed E-state index contributed by atoms with van der Waals surface area (Å²) in [5.74, 6) is -0.0209. The number of carbonyl (C=O) groups excluding carboxylic acids is 1. The van der Waals surface area contributed by atoms with Crippen LogP contribution in [0.1, 0.15) is 10.4 Å². The first-order valence-corrected chi connectivity index (χ1v) is 4.89. The molecule has 1 aromatic carbocycles. The van der Waals surface area contributed by atoms with Crippen LogP contribution >= 0.6 is 15.9 Å². The number of carbonyl (C=O) groups is 1. The van der Waals surface area contributed by atoms with Crippen molar-refractivity contribution in [2.45, 2.75) is 0 Å². The fourth-order valence-electron chi connectivity index (χ4n) is 1.36. The molecule has 0 saturated heterocycles. The third-order valence-corrected chi connectivity index (χ3v) is 2.63. The first kappa shape index (κ1) is 8.56. The van der Waals surface area contributed by atoms with Gasteiger partial charge >= 0.3 is 0 Å². The number of hydrogen-bond acceptors (Lipinski definition) is 2. The van der Waals surface area contributed by atoms with E-state index in [0.717, 1.165) is 16.7 Å². The lowest BCUT2D eigenvalue weighted by Gasteiger charge is -2.06. The van der Waals surface area contributed by atoms with Crippen molar-refractivity contribution in [3.05, 3.63) is 28.2 Å². The van der Waals surface area contributed by atoms with Crippen LogP contribution in [0.2, 0.25) is 0 Å². The molecule has 13 heavy (non-hydrogen) atoms. The molecular formula is C9H9BrN2O. The van der Waals surface area contributed by atoms with Gasteiger partial charge in [-0.15, -0.1) is 0 Å². The molecule has 0 radical (unpaired) electrons. The van der Waals surface area contributed by atoms with Crippen molar-refractivity contribution in [2.24, 2.45) is 0 Å². The summed E-state index contributed by atoms with van der Waals surface area (Å²) in [7, 11) is 0. The molecule has 3 nitrogen and oxygen atoms in total. The van der Waals surface area contributed by atoms with Crippen molar-refractivity contribution in [1.29, 1.82) is 0 Å². The molecule has 4 heteroatoms. The minimum Gasteiger partial charge on any atom is -0.383 e. The molecule has 1 aliphatic rings. The molecule has 2 rings (SSSR count). The number of amides is 1. The minimum atomic E-state index is -0.0209. The molecule has 0 atom stereocenters. The molecule has 1 heterocycles. The average Bonchev–Trinajstić information content (AvgIpc) is 2.29. The van der Waals surface area contributed by atoms with Crippen LogP contribution in [0.3, 0.4) is 0 Å². The minimum absolute atomic E-state index is 0.0209. The first-order valence-electron chi connectivity index (χ1n) is 4.09. The summed E-state index contributed by atoms with van der Waals surface area (Å²) in [6, 6.07) is 5.69. The second-order valence-electron chi connectivity index (χ2n) is 2.85. The van der Waals surface area contributed by atoms with E-state index in [1.807, 2.05) is 18.2 Å². The van der Waals surface area contributed by atoms with Gasteiger partial charge < -0.3 is 10.6 Å². The van der Waals surface area contributed by atoms with E-state index in [4.69, 9.17) is 0 Å². The third-order valence-electron chi connectivity index (χ3n) is 1.97. The predicted molar refractivity (Wildman–Crippen MR) is 55.0 cm³/mol. The van der Waals surface area contributed by atoms with Crippen molar-refractivity contribution in [3.8, 4) is 0 Å². The van der Waals surface area contributed by atoms with Gasteiger partial charge in [0.15, 0.2) is 0 Å². The van der Waals surface area contributed by atoms with Crippen LogP contribution in [0, 0.1) is 0 Å². The molecule has 2 N–H and O–H groups in total. The summed E-state index contributed by atoms with van der Waals surface area (Å²) < 4.78 is 0.830. The number of fused-ring (bicyclic) bond motifs is 1. The van der Waals surface area contributed by atoms with Gasteiger partial charge in [0.05, 0.1) is 5.56 Å². The quantitative estimate of drug-likeness (QED) is 0.724. The SMILES string of the molecule is O=C1NCCNc2cccc(Br)c21. The van der Waals surface area contributed by atoms with E-state index in [9.17, 15) is 4.79 Å². The normalized spacial score (nSPS) is 15.3. The van der Waals surface area contributed by atoms with Gasteiger partial charge in [-0.2, -0.15) is 0 Å². The van der Waals surface area contributed by atoms with Gasteiger partial charge in [0.1, 0.15) is 0 Å². The van der Waals surface area contributed by atoms with Crippen LogP contribution in [-0.4, -0.2) is 19.0 Å². The van der Waals surface area contributed by atoms with Crippen LogP contribution in [0.15, 0.2) is 22.7 Å². The monoisotopic (exact) mass is 240 g/mol. The van der Waals surface area contributed by atoms with E-state index < -0.39 is 0 Å². The third kappa shape index (κ3) is 1.54. The highest BCUT2D eigenvalue weighted by Gasteiger charge is 2.16. The number of rotatable bonds is 0. The van der Waals surface area contributed by atoms with Crippen molar-refractivity contribution < 1.29 is 4.79 Å². The summed E-state index contributed by atoms with van der Waals surface area (Å²) in [5.41, 5.74) is 1.59. The van der Waals surface area contributed by atoms with Crippen LogP contribution in [-0.2, 0) is 0 Å². The van der Waals surface area contributed by atoms with Crippen LogP contribution < -0.4 is 10.6 Å². The fraction of sp³-hybridized carbons (Fsp3) is 0.222. The molecule has 0 spiro atoms. The fourth-order valence-corrected chi connectivity index (χ4v) is 1.91. The maximum Gasteiger partial charge on any atom is 0.254 e. The molecule has 1 aromatic rings. The second-order valence-corrected chi connectivity index (χ2v) is 3.70. The molecule has 1 aliphatic heterocycles. The maximum absolute atomic E-state index is 11.5. The summed E-state index contributed by atoms with van der Waals surface area (Å²) in [6.45, 7) is 1.44. The Bertz CT molecular complexity index is 351. The number of benzene rings is 1. The maximum atomic E-state index is 11.5. The Labute approximate surface area is 84.6 Å². The van der Waals surface area contributed by atoms with Crippen LogP contribution in [0.4, 0.5) is 5.69 Å².